The normalized spacial score (nSPS) is 13.0. The third-order valence-electron chi connectivity index (χ3n) is 15.4. The molecule has 0 aliphatic heterocycles. The third-order valence-corrected chi connectivity index (χ3v) is 15.4. The molecule has 1 atom stereocenters. The van der Waals surface area contributed by atoms with Gasteiger partial charge in [0.05, 0.1) is 6.61 Å². The first-order chi connectivity index (χ1) is 41.6. The van der Waals surface area contributed by atoms with E-state index in [-0.39, 0.29) is 25.2 Å². The molecule has 5 nitrogen and oxygen atoms in total. The Morgan fingerprint density at radius 3 is 0.774 bits per heavy atom. The molecule has 0 saturated carbocycles. The van der Waals surface area contributed by atoms with Crippen molar-refractivity contribution < 1.29 is 24.2 Å². The number of hydrogen-bond acceptors (Lipinski definition) is 5. The van der Waals surface area contributed by atoms with Gasteiger partial charge in [-0.2, -0.15) is 0 Å². The predicted octanol–water partition coefficient (Wildman–Crippen LogP) is 25.1. The van der Waals surface area contributed by atoms with Crippen LogP contribution in [0, 0.1) is 0 Å². The van der Waals surface area contributed by atoms with Gasteiger partial charge >= 0.3 is 11.9 Å². The van der Waals surface area contributed by atoms with Crippen molar-refractivity contribution in [1.29, 1.82) is 0 Å². The van der Waals surface area contributed by atoms with E-state index in [0.29, 0.717) is 12.8 Å². The first kappa shape index (κ1) is 80.0. The highest BCUT2D eigenvalue weighted by atomic mass is 16.6. The molecule has 84 heavy (non-hydrogen) atoms. The van der Waals surface area contributed by atoms with Crippen molar-refractivity contribution in [3.8, 4) is 0 Å². The van der Waals surface area contributed by atoms with E-state index in [2.05, 4.69) is 148 Å². The minimum absolute atomic E-state index is 0.0763. The van der Waals surface area contributed by atoms with Crippen LogP contribution in [0.3, 0.4) is 0 Å². The highest BCUT2D eigenvalue weighted by molar-refractivity contribution is 5.70. The molecule has 0 heterocycles. The molecule has 0 bridgehead atoms. The number of carbonyl (C=O) groups excluding carboxylic acids is 2. The smallest absolute Gasteiger partial charge is 0.306 e. The topological polar surface area (TPSA) is 72.8 Å². The van der Waals surface area contributed by atoms with Crippen molar-refractivity contribution in [1.82, 2.24) is 0 Å². The van der Waals surface area contributed by atoms with Gasteiger partial charge in [-0.05, 0) is 116 Å². The van der Waals surface area contributed by atoms with Crippen LogP contribution < -0.4 is 0 Å². The number of carbonyl (C=O) groups is 2. The maximum Gasteiger partial charge on any atom is 0.306 e. The molecule has 0 spiro atoms. The van der Waals surface area contributed by atoms with E-state index in [9.17, 15) is 14.7 Å². The van der Waals surface area contributed by atoms with Crippen LogP contribution in [0.4, 0.5) is 0 Å². The van der Waals surface area contributed by atoms with Crippen LogP contribution in [0.5, 0.6) is 0 Å². The number of unbranched alkanes of at least 4 members (excludes halogenated alkanes) is 35. The largest absolute Gasteiger partial charge is 0.462 e. The second-order valence-electron chi connectivity index (χ2n) is 23.6. The summed E-state index contributed by atoms with van der Waals surface area (Å²) in [5.41, 5.74) is 0. The second kappa shape index (κ2) is 73.3. The average Bonchev–Trinajstić information content (AvgIpc) is 3.51. The highest BCUT2D eigenvalue weighted by Gasteiger charge is 2.16. The van der Waals surface area contributed by atoms with Crippen molar-refractivity contribution in [3.63, 3.8) is 0 Å². The molecule has 480 valence electrons. The van der Waals surface area contributed by atoms with Gasteiger partial charge in [-0.15, -0.1) is 0 Å². The van der Waals surface area contributed by atoms with Crippen molar-refractivity contribution >= 4 is 11.9 Å². The van der Waals surface area contributed by atoms with E-state index in [0.717, 1.165) is 109 Å². The molecule has 1 unspecified atom stereocenters. The standard InChI is InChI=1S/C79H134O5/c1-3-5-7-9-11-13-15-17-19-21-23-25-27-29-31-33-35-36-37-38-39-40-41-42-44-45-47-49-51-53-55-57-59-61-63-65-67-69-71-73-78(81)83-76-77(75-80)84-79(82)74-72-70-68-66-64-62-60-58-56-54-52-50-48-46-43-34-32-30-28-26-24-22-20-18-16-14-12-10-8-6-4-2/h6,8,12,14-15,17-18,20-21,23-24,26-27,29-30,32,43,46,50,52,56,58,77,80H,3-5,7,9-11,13,16,19,22,25,28,31,33-42,44-45,47-49,51,53-55,57,59-76H2,1-2H3/b8-6-,14-12-,17-15-,20-18-,23-21-,26-24-,29-27-,32-30-,46-43-,52-50-,58-56-. The fourth-order valence-electron chi connectivity index (χ4n) is 10.1. The summed E-state index contributed by atoms with van der Waals surface area (Å²) in [6, 6.07) is 0. The van der Waals surface area contributed by atoms with Crippen molar-refractivity contribution in [2.45, 2.75) is 341 Å². The number of aliphatic hydroxyl groups excluding tert-OH is 1. The molecular formula is C79H134O5. The molecule has 0 aromatic heterocycles. The monoisotopic (exact) mass is 1160 g/mol. The summed E-state index contributed by atoms with van der Waals surface area (Å²) in [4.78, 5) is 24.7. The fraction of sp³-hybridized carbons (Fsp3) is 0.696. The molecule has 0 aliphatic rings. The quantitative estimate of drug-likeness (QED) is 0.0373. The van der Waals surface area contributed by atoms with E-state index < -0.39 is 6.10 Å². The highest BCUT2D eigenvalue weighted by Crippen LogP contribution is 2.17. The van der Waals surface area contributed by atoms with Crippen LogP contribution in [0.1, 0.15) is 335 Å². The van der Waals surface area contributed by atoms with Gasteiger partial charge in [-0.3, -0.25) is 9.59 Å². The number of allylic oxidation sites excluding steroid dienone is 22. The molecule has 0 aromatic rings. The Morgan fingerprint density at radius 1 is 0.286 bits per heavy atom. The summed E-state index contributed by atoms with van der Waals surface area (Å²) in [5, 5.41) is 9.70. The lowest BCUT2D eigenvalue weighted by molar-refractivity contribution is -0.161. The SMILES string of the molecule is CC/C=C\C/C=C\C/C=C\C/C=C\C/C=C\C/C=C\C/C=C\C/C=C\CCCCCCCCC(=O)OC(CO)COC(=O)CCCCCCCCCCCCCCCCCCCCCCCCCC/C=C\C/C=C\C/C=C\CCCCCCC. The molecular weight excluding hydrogens is 1030 g/mol. The zero-order valence-corrected chi connectivity index (χ0v) is 55.1. The van der Waals surface area contributed by atoms with Crippen LogP contribution in [0.2, 0.25) is 0 Å². The Labute approximate surface area is 521 Å². The molecule has 0 amide bonds. The maximum atomic E-state index is 12.4. The van der Waals surface area contributed by atoms with Crippen LogP contribution in [-0.4, -0.2) is 36.4 Å². The number of hydrogen-bond donors (Lipinski definition) is 1. The molecule has 0 saturated heterocycles. The third kappa shape index (κ3) is 70.5. The van der Waals surface area contributed by atoms with Crippen LogP contribution in [0.25, 0.3) is 0 Å². The van der Waals surface area contributed by atoms with E-state index in [4.69, 9.17) is 9.47 Å². The number of rotatable bonds is 65. The van der Waals surface area contributed by atoms with Gasteiger partial charge in [0, 0.05) is 12.8 Å². The lowest BCUT2D eigenvalue weighted by Gasteiger charge is -2.15. The Balaban J connectivity index is 3.49. The summed E-state index contributed by atoms with van der Waals surface area (Å²) in [5.74, 6) is -0.603. The van der Waals surface area contributed by atoms with Gasteiger partial charge < -0.3 is 14.6 Å². The minimum Gasteiger partial charge on any atom is -0.462 e. The van der Waals surface area contributed by atoms with E-state index in [1.807, 2.05) is 0 Å². The van der Waals surface area contributed by atoms with Crippen LogP contribution >= 0.6 is 0 Å². The Hall–Kier alpha value is -3.96. The minimum atomic E-state index is -0.789. The number of esters is 2. The summed E-state index contributed by atoms with van der Waals surface area (Å²) in [7, 11) is 0. The zero-order valence-electron chi connectivity index (χ0n) is 55.1. The molecule has 5 heteroatoms. The van der Waals surface area contributed by atoms with E-state index in [1.54, 1.807) is 0 Å². The first-order valence-corrected chi connectivity index (χ1v) is 35.7. The van der Waals surface area contributed by atoms with E-state index >= 15 is 0 Å². The van der Waals surface area contributed by atoms with Crippen LogP contribution in [-0.2, 0) is 19.1 Å². The van der Waals surface area contributed by atoms with Gasteiger partial charge in [0.2, 0.25) is 0 Å². The Kier molecular flexibility index (Phi) is 69.8. The lowest BCUT2D eigenvalue weighted by atomic mass is 10.0. The lowest BCUT2D eigenvalue weighted by Crippen LogP contribution is -2.28. The average molecular weight is 1160 g/mol. The van der Waals surface area contributed by atoms with Gasteiger partial charge in [0.15, 0.2) is 6.10 Å². The van der Waals surface area contributed by atoms with Crippen molar-refractivity contribution in [3.05, 3.63) is 134 Å². The molecule has 0 fully saturated rings. The molecule has 0 radical (unpaired) electrons. The summed E-state index contributed by atoms with van der Waals surface area (Å²) >= 11 is 0. The van der Waals surface area contributed by atoms with Crippen molar-refractivity contribution in [2.75, 3.05) is 13.2 Å². The fourth-order valence-corrected chi connectivity index (χ4v) is 10.1. The van der Waals surface area contributed by atoms with Gasteiger partial charge in [0.1, 0.15) is 6.61 Å². The van der Waals surface area contributed by atoms with Gasteiger partial charge in [-0.25, -0.2) is 0 Å². The molecule has 0 aliphatic carbocycles. The number of ether oxygens (including phenoxy) is 2. The molecule has 1 N–H and O–H groups in total. The Bertz CT molecular complexity index is 1700. The molecule has 0 aromatic carbocycles. The van der Waals surface area contributed by atoms with Gasteiger partial charge in [0.25, 0.3) is 0 Å². The zero-order chi connectivity index (χ0) is 60.5. The maximum absolute atomic E-state index is 12.4. The summed E-state index contributed by atoms with van der Waals surface area (Å²) in [6.07, 6.45) is 109. The summed E-state index contributed by atoms with van der Waals surface area (Å²) < 4.78 is 10.7. The first-order valence-electron chi connectivity index (χ1n) is 35.7. The van der Waals surface area contributed by atoms with Crippen molar-refractivity contribution in [2.24, 2.45) is 0 Å². The second-order valence-corrected chi connectivity index (χ2v) is 23.6. The van der Waals surface area contributed by atoms with Gasteiger partial charge in [-0.1, -0.05) is 340 Å². The summed E-state index contributed by atoms with van der Waals surface area (Å²) in [6.45, 7) is 4.02. The van der Waals surface area contributed by atoms with E-state index in [1.165, 1.54) is 199 Å². The predicted molar refractivity (Wildman–Crippen MR) is 371 cm³/mol. The molecule has 0 rings (SSSR count). The van der Waals surface area contributed by atoms with Crippen LogP contribution in [0.15, 0.2) is 134 Å². The number of aliphatic hydroxyl groups is 1. The Morgan fingerprint density at radius 2 is 0.512 bits per heavy atom.